The van der Waals surface area contributed by atoms with Crippen molar-refractivity contribution in [3.63, 3.8) is 0 Å². The van der Waals surface area contributed by atoms with Gasteiger partial charge in [-0.25, -0.2) is 9.97 Å². The summed E-state index contributed by atoms with van der Waals surface area (Å²) in [6.07, 6.45) is 6.03. The Labute approximate surface area is 239 Å². The number of carbonyl (C=O) groups excluding carboxylic acids is 2. The molecular formula is C30H36N4O5S. The summed E-state index contributed by atoms with van der Waals surface area (Å²) in [5.41, 5.74) is 3.36. The molecule has 3 atom stereocenters. The van der Waals surface area contributed by atoms with Crippen LogP contribution >= 0.6 is 11.8 Å². The van der Waals surface area contributed by atoms with Crippen LogP contribution in [0.4, 0.5) is 5.69 Å². The summed E-state index contributed by atoms with van der Waals surface area (Å²) in [4.78, 5) is 32.1. The summed E-state index contributed by atoms with van der Waals surface area (Å²) in [6.45, 7) is 2.12. The Morgan fingerprint density at radius 1 is 1.00 bits per heavy atom. The highest BCUT2D eigenvalue weighted by Crippen LogP contribution is 2.39. The van der Waals surface area contributed by atoms with E-state index in [4.69, 9.17) is 9.47 Å². The van der Waals surface area contributed by atoms with E-state index in [2.05, 4.69) is 20.6 Å². The van der Waals surface area contributed by atoms with Crippen LogP contribution in [0.3, 0.4) is 0 Å². The van der Waals surface area contributed by atoms with Gasteiger partial charge in [0.05, 0.1) is 18.8 Å². The van der Waals surface area contributed by atoms with E-state index >= 15 is 0 Å². The minimum atomic E-state index is -0.621. The predicted molar refractivity (Wildman–Crippen MR) is 153 cm³/mol. The van der Waals surface area contributed by atoms with Crippen LogP contribution in [0.2, 0.25) is 0 Å². The Morgan fingerprint density at radius 2 is 1.80 bits per heavy atom. The fraction of sp³-hybridized carbons (Fsp3) is 0.400. The van der Waals surface area contributed by atoms with Crippen molar-refractivity contribution in [3.05, 3.63) is 83.7 Å². The number of carbonyl (C=O) groups is 2. The van der Waals surface area contributed by atoms with Crippen molar-refractivity contribution in [1.29, 1.82) is 0 Å². The van der Waals surface area contributed by atoms with E-state index in [0.29, 0.717) is 36.0 Å². The smallest absolute Gasteiger partial charge is 0.224 e. The molecule has 10 heteroatoms. The summed E-state index contributed by atoms with van der Waals surface area (Å²) in [5.74, 6) is 0.568. The first-order chi connectivity index (χ1) is 19.5. The number of aromatic nitrogens is 2. The molecule has 1 fully saturated rings. The maximum Gasteiger partial charge on any atom is 0.224 e. The highest BCUT2D eigenvalue weighted by Gasteiger charge is 2.32. The molecule has 212 valence electrons. The van der Waals surface area contributed by atoms with Gasteiger partial charge >= 0.3 is 0 Å². The lowest BCUT2D eigenvalue weighted by atomic mass is 10.0. The second-order valence-corrected chi connectivity index (χ2v) is 10.6. The van der Waals surface area contributed by atoms with Crippen LogP contribution in [0, 0.1) is 0 Å². The number of thioether (sulfide) groups is 1. The van der Waals surface area contributed by atoms with Crippen LogP contribution in [0.1, 0.15) is 68.1 Å². The average Bonchev–Trinajstić information content (AvgIpc) is 2.98. The van der Waals surface area contributed by atoms with Gasteiger partial charge in [-0.1, -0.05) is 54.6 Å². The lowest BCUT2D eigenvalue weighted by Gasteiger charge is -2.36. The van der Waals surface area contributed by atoms with E-state index in [0.717, 1.165) is 36.0 Å². The summed E-state index contributed by atoms with van der Waals surface area (Å²) < 4.78 is 12.8. The lowest BCUT2D eigenvalue weighted by Crippen LogP contribution is -2.31. The number of unbranched alkanes of at least 4 members (excludes halogenated alkanes) is 2. The summed E-state index contributed by atoms with van der Waals surface area (Å²) >= 11 is 1.54. The molecule has 1 aliphatic rings. The van der Waals surface area contributed by atoms with E-state index in [-0.39, 0.29) is 30.6 Å². The fourth-order valence-corrected chi connectivity index (χ4v) is 5.21. The van der Waals surface area contributed by atoms with Crippen molar-refractivity contribution in [1.82, 2.24) is 15.3 Å². The second-order valence-electron chi connectivity index (χ2n) is 9.66. The standard InChI is InChI=1S/C30H36N4O5S/c1-21(36)31-14-4-2-3-9-28(37)34-25-8-5-7-24(17-25)29-38-26(20-40-30-32-15-6-16-33-30)18-27(39-29)23-12-10-22(19-35)11-13-23/h5-8,10-13,15-17,26-27,29,35H,2-4,9,14,18-20H2,1H3,(H,31,36)(H,34,37)/t26-,27+,29+/m0/s1. The lowest BCUT2D eigenvalue weighted by molar-refractivity contribution is -0.245. The third-order valence-corrected chi connectivity index (χ3v) is 7.46. The largest absolute Gasteiger partial charge is 0.392 e. The minimum Gasteiger partial charge on any atom is -0.392 e. The molecular weight excluding hydrogens is 528 g/mol. The molecule has 1 saturated heterocycles. The molecule has 2 amide bonds. The molecule has 3 N–H and O–H groups in total. The molecule has 2 heterocycles. The van der Waals surface area contributed by atoms with Gasteiger partial charge in [0.2, 0.25) is 11.8 Å². The zero-order valence-electron chi connectivity index (χ0n) is 22.6. The van der Waals surface area contributed by atoms with Gasteiger partial charge in [-0.05, 0) is 42.2 Å². The Bertz CT molecular complexity index is 1230. The van der Waals surface area contributed by atoms with Crippen LogP contribution in [0.5, 0.6) is 0 Å². The van der Waals surface area contributed by atoms with Gasteiger partial charge in [-0.15, -0.1) is 0 Å². The Kier molecular flexibility index (Phi) is 11.5. The zero-order valence-corrected chi connectivity index (χ0v) is 23.4. The molecule has 0 bridgehead atoms. The first kappa shape index (κ1) is 29.7. The van der Waals surface area contributed by atoms with E-state index in [1.807, 2.05) is 48.5 Å². The summed E-state index contributed by atoms with van der Waals surface area (Å²) in [5, 5.41) is 15.9. The number of hydrogen-bond acceptors (Lipinski definition) is 8. The number of rotatable bonds is 13. The van der Waals surface area contributed by atoms with E-state index in [1.165, 1.54) is 18.7 Å². The first-order valence-electron chi connectivity index (χ1n) is 13.5. The van der Waals surface area contributed by atoms with Crippen molar-refractivity contribution >= 4 is 29.3 Å². The number of ether oxygens (including phenoxy) is 2. The third kappa shape index (κ3) is 9.41. The molecule has 9 nitrogen and oxygen atoms in total. The highest BCUT2D eigenvalue weighted by molar-refractivity contribution is 7.99. The van der Waals surface area contributed by atoms with Gasteiger partial charge in [0.1, 0.15) is 0 Å². The molecule has 1 aromatic heterocycles. The number of amides is 2. The second kappa shape index (κ2) is 15.5. The first-order valence-corrected chi connectivity index (χ1v) is 14.5. The Morgan fingerprint density at radius 3 is 2.55 bits per heavy atom. The molecule has 0 radical (unpaired) electrons. The molecule has 4 rings (SSSR count). The van der Waals surface area contributed by atoms with Crippen molar-refractivity contribution < 1.29 is 24.2 Å². The number of aliphatic hydroxyl groups excluding tert-OH is 1. The number of aliphatic hydroxyl groups is 1. The third-order valence-electron chi connectivity index (χ3n) is 6.45. The van der Waals surface area contributed by atoms with E-state index in [9.17, 15) is 14.7 Å². The topological polar surface area (TPSA) is 123 Å². The van der Waals surface area contributed by atoms with E-state index in [1.54, 1.807) is 18.5 Å². The van der Waals surface area contributed by atoms with Gasteiger partial charge in [-0.2, -0.15) is 0 Å². The number of anilines is 1. The van der Waals surface area contributed by atoms with Gasteiger partial charge < -0.3 is 25.2 Å². The molecule has 1 aliphatic heterocycles. The molecule has 0 spiro atoms. The number of nitrogens with zero attached hydrogens (tertiary/aromatic N) is 2. The maximum atomic E-state index is 12.5. The van der Waals surface area contributed by atoms with Crippen molar-refractivity contribution in [3.8, 4) is 0 Å². The average molecular weight is 565 g/mol. The van der Waals surface area contributed by atoms with Crippen molar-refractivity contribution in [2.75, 3.05) is 17.6 Å². The fourth-order valence-electron chi connectivity index (χ4n) is 4.39. The zero-order chi connectivity index (χ0) is 28.2. The maximum absolute atomic E-state index is 12.5. The predicted octanol–water partition coefficient (Wildman–Crippen LogP) is 4.94. The van der Waals surface area contributed by atoms with Gasteiger partial charge in [0.15, 0.2) is 11.4 Å². The van der Waals surface area contributed by atoms with Crippen LogP contribution in [0.25, 0.3) is 0 Å². The van der Waals surface area contributed by atoms with Crippen LogP contribution in [0.15, 0.2) is 72.1 Å². The Hall–Kier alpha value is -3.31. The minimum absolute atomic E-state index is 0.0104. The van der Waals surface area contributed by atoms with Gasteiger partial charge in [0.25, 0.3) is 0 Å². The van der Waals surface area contributed by atoms with Crippen molar-refractivity contribution in [2.45, 2.75) is 69.3 Å². The van der Waals surface area contributed by atoms with Crippen LogP contribution < -0.4 is 10.6 Å². The molecule has 40 heavy (non-hydrogen) atoms. The highest BCUT2D eigenvalue weighted by atomic mass is 32.2. The number of benzene rings is 2. The number of nitrogens with one attached hydrogen (secondary N) is 2. The monoisotopic (exact) mass is 564 g/mol. The van der Waals surface area contributed by atoms with Gasteiger partial charge in [0, 0.05) is 55.7 Å². The van der Waals surface area contributed by atoms with Gasteiger partial charge in [-0.3, -0.25) is 9.59 Å². The molecule has 2 aromatic carbocycles. The van der Waals surface area contributed by atoms with Crippen molar-refractivity contribution in [2.24, 2.45) is 0 Å². The normalized spacial score (nSPS) is 18.7. The molecule has 3 aromatic rings. The molecule has 0 aliphatic carbocycles. The number of hydrogen-bond donors (Lipinski definition) is 3. The van der Waals surface area contributed by atoms with E-state index < -0.39 is 6.29 Å². The SMILES string of the molecule is CC(=O)NCCCCCC(=O)Nc1cccc([C@@H]2O[C@H](CSc3ncccn3)C[C@H](c3ccc(CO)cc3)O2)c1. The summed E-state index contributed by atoms with van der Waals surface area (Å²) in [6, 6.07) is 17.1. The molecule has 0 unspecified atom stereocenters. The Balaban J connectivity index is 1.39. The van der Waals surface area contributed by atoms with Crippen LogP contribution in [-0.4, -0.2) is 45.3 Å². The molecule has 0 saturated carbocycles. The quantitative estimate of drug-likeness (QED) is 0.152. The van der Waals surface area contributed by atoms with Crippen LogP contribution in [-0.2, 0) is 25.7 Å². The summed E-state index contributed by atoms with van der Waals surface area (Å²) in [7, 11) is 0.